The molecular formula is C19H23ClN4O2. The van der Waals surface area contributed by atoms with Crippen molar-refractivity contribution in [2.45, 2.75) is 25.9 Å². The highest BCUT2D eigenvalue weighted by Gasteiger charge is 2.17. The first kappa shape index (κ1) is 19.7. The number of hydrogen-bond acceptors (Lipinski definition) is 4. The molecule has 2 amide bonds. The Balaban J connectivity index is 2.03. The second kappa shape index (κ2) is 9.20. The molecule has 138 valence electrons. The first-order chi connectivity index (χ1) is 12.4. The van der Waals surface area contributed by atoms with Gasteiger partial charge in [0.25, 0.3) is 0 Å². The van der Waals surface area contributed by atoms with E-state index >= 15 is 0 Å². The van der Waals surface area contributed by atoms with Crippen molar-refractivity contribution in [2.75, 3.05) is 19.0 Å². The Bertz CT molecular complexity index is 762. The van der Waals surface area contributed by atoms with Crippen molar-refractivity contribution in [2.24, 2.45) is 0 Å². The lowest BCUT2D eigenvalue weighted by Gasteiger charge is -2.19. The molecule has 0 saturated carbocycles. The van der Waals surface area contributed by atoms with Crippen LogP contribution in [-0.2, 0) is 16.1 Å². The van der Waals surface area contributed by atoms with E-state index in [1.165, 1.54) is 6.92 Å². The van der Waals surface area contributed by atoms with Gasteiger partial charge in [-0.1, -0.05) is 29.8 Å². The lowest BCUT2D eigenvalue weighted by molar-refractivity contribution is -0.122. The fraction of sp³-hybridized carbons (Fsp3) is 0.316. The van der Waals surface area contributed by atoms with Gasteiger partial charge in [-0.2, -0.15) is 0 Å². The molecule has 0 aliphatic carbocycles. The molecule has 1 unspecified atom stereocenters. The van der Waals surface area contributed by atoms with Gasteiger partial charge < -0.3 is 15.5 Å². The predicted octanol–water partition coefficient (Wildman–Crippen LogP) is 2.68. The number of hydrogen-bond donors (Lipinski definition) is 2. The van der Waals surface area contributed by atoms with Gasteiger partial charge in [0.1, 0.15) is 5.82 Å². The highest BCUT2D eigenvalue weighted by atomic mass is 35.5. The van der Waals surface area contributed by atoms with Gasteiger partial charge >= 0.3 is 0 Å². The molecule has 7 heteroatoms. The summed E-state index contributed by atoms with van der Waals surface area (Å²) < 4.78 is 0. The normalized spacial score (nSPS) is 11.5. The molecule has 0 bridgehead atoms. The van der Waals surface area contributed by atoms with Gasteiger partial charge in [0.2, 0.25) is 11.8 Å². The van der Waals surface area contributed by atoms with Crippen molar-refractivity contribution < 1.29 is 9.59 Å². The minimum atomic E-state index is -0.410. The summed E-state index contributed by atoms with van der Waals surface area (Å²) in [7, 11) is 3.81. The van der Waals surface area contributed by atoms with Crippen molar-refractivity contribution in [3.8, 4) is 0 Å². The van der Waals surface area contributed by atoms with Crippen LogP contribution in [-0.4, -0.2) is 30.9 Å². The minimum Gasteiger partial charge on any atom is -0.362 e. The number of nitrogens with one attached hydrogen (secondary N) is 2. The molecule has 0 aliphatic heterocycles. The fourth-order valence-electron chi connectivity index (χ4n) is 2.61. The SMILES string of the molecule is CC(=O)NC(CC(=O)NCc1cccnc1N(C)C)c1ccc(Cl)cc1. The van der Waals surface area contributed by atoms with Crippen LogP contribution in [0.5, 0.6) is 0 Å². The van der Waals surface area contributed by atoms with Crippen molar-refractivity contribution >= 4 is 29.2 Å². The summed E-state index contributed by atoms with van der Waals surface area (Å²) >= 11 is 5.91. The Kier molecular flexibility index (Phi) is 6.97. The van der Waals surface area contributed by atoms with Crippen LogP contribution >= 0.6 is 11.6 Å². The molecule has 1 atom stereocenters. The van der Waals surface area contributed by atoms with Gasteiger partial charge in [-0.15, -0.1) is 0 Å². The van der Waals surface area contributed by atoms with E-state index in [4.69, 9.17) is 11.6 Å². The van der Waals surface area contributed by atoms with Crippen LogP contribution in [0.2, 0.25) is 5.02 Å². The van der Waals surface area contributed by atoms with E-state index in [9.17, 15) is 9.59 Å². The maximum atomic E-state index is 12.4. The van der Waals surface area contributed by atoms with Gasteiger partial charge in [-0.05, 0) is 23.8 Å². The lowest BCUT2D eigenvalue weighted by Crippen LogP contribution is -2.32. The third-order valence-corrected chi connectivity index (χ3v) is 4.06. The molecule has 1 aromatic heterocycles. The molecule has 2 aromatic rings. The summed E-state index contributed by atoms with van der Waals surface area (Å²) in [6.07, 6.45) is 1.85. The summed E-state index contributed by atoms with van der Waals surface area (Å²) in [6, 6.07) is 10.4. The summed E-state index contributed by atoms with van der Waals surface area (Å²) in [5, 5.41) is 6.31. The topological polar surface area (TPSA) is 74.3 Å². The number of anilines is 1. The molecule has 26 heavy (non-hydrogen) atoms. The summed E-state index contributed by atoms with van der Waals surface area (Å²) in [5.41, 5.74) is 1.75. The number of carbonyl (C=O) groups is 2. The van der Waals surface area contributed by atoms with Gasteiger partial charge in [-0.3, -0.25) is 9.59 Å². The minimum absolute atomic E-state index is 0.138. The number of benzene rings is 1. The fourth-order valence-corrected chi connectivity index (χ4v) is 2.74. The summed E-state index contributed by atoms with van der Waals surface area (Å²) in [4.78, 5) is 30.1. The van der Waals surface area contributed by atoms with Gasteiger partial charge in [-0.25, -0.2) is 4.98 Å². The summed E-state index contributed by atoms with van der Waals surface area (Å²) in [5.74, 6) is 0.455. The Morgan fingerprint density at radius 2 is 1.88 bits per heavy atom. The molecule has 0 aliphatic rings. The van der Waals surface area contributed by atoms with Crippen molar-refractivity contribution in [3.63, 3.8) is 0 Å². The van der Waals surface area contributed by atoms with Crippen LogP contribution in [0.1, 0.15) is 30.5 Å². The molecule has 0 fully saturated rings. The van der Waals surface area contributed by atoms with Crippen LogP contribution in [0, 0.1) is 0 Å². The van der Waals surface area contributed by atoms with Crippen LogP contribution < -0.4 is 15.5 Å². The molecule has 0 saturated heterocycles. The van der Waals surface area contributed by atoms with E-state index in [1.807, 2.05) is 43.3 Å². The number of amides is 2. The van der Waals surface area contributed by atoms with Gasteiger partial charge in [0, 0.05) is 44.3 Å². The first-order valence-electron chi connectivity index (χ1n) is 8.27. The zero-order valence-electron chi connectivity index (χ0n) is 15.1. The molecule has 1 aromatic carbocycles. The predicted molar refractivity (Wildman–Crippen MR) is 103 cm³/mol. The number of pyridine rings is 1. The van der Waals surface area contributed by atoms with Crippen LogP contribution in [0.3, 0.4) is 0 Å². The first-order valence-corrected chi connectivity index (χ1v) is 8.65. The van der Waals surface area contributed by atoms with Crippen LogP contribution in [0.25, 0.3) is 0 Å². The monoisotopic (exact) mass is 374 g/mol. The molecule has 2 N–H and O–H groups in total. The zero-order chi connectivity index (χ0) is 19.1. The van der Waals surface area contributed by atoms with E-state index in [2.05, 4.69) is 15.6 Å². The smallest absolute Gasteiger partial charge is 0.222 e. The average molecular weight is 375 g/mol. The molecule has 0 radical (unpaired) electrons. The van der Waals surface area contributed by atoms with Crippen molar-refractivity contribution in [1.82, 2.24) is 15.6 Å². The molecular weight excluding hydrogens is 352 g/mol. The Labute approximate surface area is 158 Å². The summed E-state index contributed by atoms with van der Waals surface area (Å²) in [6.45, 7) is 1.80. The third kappa shape index (κ3) is 5.74. The number of nitrogens with zero attached hydrogens (tertiary/aromatic N) is 2. The highest BCUT2D eigenvalue weighted by Crippen LogP contribution is 2.20. The van der Waals surface area contributed by atoms with Crippen molar-refractivity contribution in [1.29, 1.82) is 0 Å². The second-order valence-corrected chi connectivity index (χ2v) is 6.60. The molecule has 1 heterocycles. The number of halogens is 1. The van der Waals surface area contributed by atoms with E-state index in [-0.39, 0.29) is 18.2 Å². The number of carbonyl (C=O) groups excluding carboxylic acids is 2. The van der Waals surface area contributed by atoms with E-state index in [0.717, 1.165) is 16.9 Å². The van der Waals surface area contributed by atoms with Gasteiger partial charge in [0.05, 0.1) is 12.5 Å². The number of aromatic nitrogens is 1. The van der Waals surface area contributed by atoms with E-state index in [1.54, 1.807) is 18.3 Å². The zero-order valence-corrected chi connectivity index (χ0v) is 15.9. The third-order valence-electron chi connectivity index (χ3n) is 3.81. The Hall–Kier alpha value is -2.60. The van der Waals surface area contributed by atoms with E-state index < -0.39 is 6.04 Å². The number of rotatable bonds is 7. The average Bonchev–Trinajstić information content (AvgIpc) is 2.60. The standard InChI is InChI=1S/C19H23ClN4O2/c1-13(25)23-17(14-6-8-16(20)9-7-14)11-18(26)22-12-15-5-4-10-21-19(15)24(2)3/h4-10,17H,11-12H2,1-3H3,(H,22,26)(H,23,25). The molecule has 6 nitrogen and oxygen atoms in total. The largest absolute Gasteiger partial charge is 0.362 e. The Morgan fingerprint density at radius 1 is 1.19 bits per heavy atom. The lowest BCUT2D eigenvalue weighted by atomic mass is 10.0. The van der Waals surface area contributed by atoms with E-state index in [0.29, 0.717) is 11.6 Å². The highest BCUT2D eigenvalue weighted by molar-refractivity contribution is 6.30. The van der Waals surface area contributed by atoms with Crippen molar-refractivity contribution in [3.05, 3.63) is 58.7 Å². The Morgan fingerprint density at radius 3 is 2.50 bits per heavy atom. The van der Waals surface area contributed by atoms with Gasteiger partial charge in [0.15, 0.2) is 0 Å². The maximum absolute atomic E-state index is 12.4. The van der Waals surface area contributed by atoms with Crippen LogP contribution in [0.15, 0.2) is 42.6 Å². The van der Waals surface area contributed by atoms with Crippen LogP contribution in [0.4, 0.5) is 5.82 Å². The second-order valence-electron chi connectivity index (χ2n) is 6.17. The maximum Gasteiger partial charge on any atom is 0.222 e. The quantitative estimate of drug-likeness (QED) is 0.781. The molecule has 0 spiro atoms. The molecule has 2 rings (SSSR count).